The lowest BCUT2D eigenvalue weighted by Crippen LogP contribution is -2.12. The van der Waals surface area contributed by atoms with E-state index in [0.717, 1.165) is 22.9 Å². The van der Waals surface area contributed by atoms with Crippen molar-refractivity contribution in [1.29, 1.82) is 0 Å². The van der Waals surface area contributed by atoms with E-state index in [9.17, 15) is 0 Å². The van der Waals surface area contributed by atoms with E-state index in [1.165, 1.54) is 0 Å². The topological polar surface area (TPSA) is 64.9 Å². The van der Waals surface area contributed by atoms with E-state index in [2.05, 4.69) is 33.0 Å². The maximum Gasteiger partial charge on any atom is 0.231 e. The minimum absolute atomic E-state index is 0.156. The molecule has 0 saturated heterocycles. The van der Waals surface area contributed by atoms with Crippen molar-refractivity contribution in [1.82, 2.24) is 10.1 Å². The molecule has 0 aliphatic rings. The molecule has 2 N–H and O–H groups in total. The lowest BCUT2D eigenvalue weighted by molar-refractivity contribution is 0.347. The summed E-state index contributed by atoms with van der Waals surface area (Å²) in [4.78, 5) is 4.43. The van der Waals surface area contributed by atoms with Crippen LogP contribution in [-0.4, -0.2) is 16.7 Å². The van der Waals surface area contributed by atoms with Gasteiger partial charge in [-0.1, -0.05) is 46.6 Å². The molecule has 0 aliphatic heterocycles. The molecular formula is C13H16BrN3O. The number of hydrogen-bond acceptors (Lipinski definition) is 4. The maximum absolute atomic E-state index is 5.73. The van der Waals surface area contributed by atoms with Crippen molar-refractivity contribution in [2.75, 3.05) is 6.54 Å². The molecule has 1 heterocycles. The highest BCUT2D eigenvalue weighted by Crippen LogP contribution is 2.24. The van der Waals surface area contributed by atoms with Gasteiger partial charge >= 0.3 is 0 Å². The minimum Gasteiger partial charge on any atom is -0.339 e. The van der Waals surface area contributed by atoms with E-state index in [1.807, 2.05) is 24.3 Å². The lowest BCUT2D eigenvalue weighted by Gasteiger charge is -2.06. The summed E-state index contributed by atoms with van der Waals surface area (Å²) in [6, 6.07) is 7.83. The highest BCUT2D eigenvalue weighted by atomic mass is 79.9. The van der Waals surface area contributed by atoms with Gasteiger partial charge in [-0.2, -0.15) is 4.98 Å². The summed E-state index contributed by atoms with van der Waals surface area (Å²) in [6.45, 7) is 2.65. The highest BCUT2D eigenvalue weighted by molar-refractivity contribution is 9.10. The van der Waals surface area contributed by atoms with Crippen LogP contribution < -0.4 is 5.73 Å². The van der Waals surface area contributed by atoms with Gasteiger partial charge in [0.25, 0.3) is 0 Å². The summed E-state index contributed by atoms with van der Waals surface area (Å²) in [7, 11) is 0. The van der Waals surface area contributed by atoms with Crippen LogP contribution >= 0.6 is 15.9 Å². The average Bonchev–Trinajstić information content (AvgIpc) is 2.85. The Hall–Kier alpha value is -1.20. The van der Waals surface area contributed by atoms with E-state index >= 15 is 0 Å². The lowest BCUT2D eigenvalue weighted by atomic mass is 10.0. The Balaban J connectivity index is 2.24. The van der Waals surface area contributed by atoms with Crippen molar-refractivity contribution in [3.8, 4) is 11.4 Å². The van der Waals surface area contributed by atoms with Gasteiger partial charge in [0, 0.05) is 16.6 Å². The Kier molecular flexibility index (Phi) is 4.49. The molecule has 0 saturated carbocycles. The molecule has 0 radical (unpaired) electrons. The number of rotatable bonds is 5. The van der Waals surface area contributed by atoms with E-state index in [0.29, 0.717) is 18.3 Å². The number of halogens is 1. The van der Waals surface area contributed by atoms with E-state index in [1.54, 1.807) is 0 Å². The zero-order chi connectivity index (χ0) is 13.0. The summed E-state index contributed by atoms with van der Waals surface area (Å²) < 4.78 is 6.30. The van der Waals surface area contributed by atoms with Crippen molar-refractivity contribution in [2.24, 2.45) is 5.73 Å². The quantitative estimate of drug-likeness (QED) is 0.920. The molecule has 0 bridgehead atoms. The fraction of sp³-hybridized carbons (Fsp3) is 0.385. The molecule has 18 heavy (non-hydrogen) atoms. The highest BCUT2D eigenvalue weighted by Gasteiger charge is 2.17. The predicted molar refractivity (Wildman–Crippen MR) is 74.1 cm³/mol. The molecule has 2 rings (SSSR count). The molecule has 96 valence electrons. The third kappa shape index (κ3) is 2.97. The van der Waals surface area contributed by atoms with Crippen molar-refractivity contribution < 1.29 is 4.52 Å². The second-order valence-electron chi connectivity index (χ2n) is 4.19. The SMILES string of the molecule is CCCC(CN)c1nc(-c2cccc(Br)c2)no1. The summed E-state index contributed by atoms with van der Waals surface area (Å²) in [5.41, 5.74) is 6.66. The molecule has 2 aromatic rings. The molecule has 1 atom stereocenters. The van der Waals surface area contributed by atoms with Gasteiger partial charge in [-0.05, 0) is 18.6 Å². The average molecular weight is 310 g/mol. The molecule has 0 amide bonds. The monoisotopic (exact) mass is 309 g/mol. The zero-order valence-electron chi connectivity index (χ0n) is 10.3. The van der Waals surface area contributed by atoms with Gasteiger partial charge in [0.1, 0.15) is 0 Å². The van der Waals surface area contributed by atoms with Crippen molar-refractivity contribution in [3.63, 3.8) is 0 Å². The smallest absolute Gasteiger partial charge is 0.231 e. The first-order valence-electron chi connectivity index (χ1n) is 6.04. The van der Waals surface area contributed by atoms with Gasteiger partial charge in [-0.15, -0.1) is 0 Å². The van der Waals surface area contributed by atoms with Crippen molar-refractivity contribution in [2.45, 2.75) is 25.7 Å². The fourth-order valence-electron chi connectivity index (χ4n) is 1.84. The van der Waals surface area contributed by atoms with Crippen LogP contribution in [0.4, 0.5) is 0 Å². The van der Waals surface area contributed by atoms with Crippen LogP contribution in [0.2, 0.25) is 0 Å². The van der Waals surface area contributed by atoms with E-state index in [4.69, 9.17) is 10.3 Å². The van der Waals surface area contributed by atoms with Crippen molar-refractivity contribution in [3.05, 3.63) is 34.6 Å². The second-order valence-corrected chi connectivity index (χ2v) is 5.10. The fourth-order valence-corrected chi connectivity index (χ4v) is 2.24. The minimum atomic E-state index is 0.156. The van der Waals surface area contributed by atoms with Gasteiger partial charge in [-0.25, -0.2) is 0 Å². The summed E-state index contributed by atoms with van der Waals surface area (Å²) in [5, 5.41) is 4.02. The molecule has 4 nitrogen and oxygen atoms in total. The van der Waals surface area contributed by atoms with Gasteiger partial charge in [0.05, 0.1) is 5.92 Å². The molecule has 1 unspecified atom stereocenters. The maximum atomic E-state index is 5.73. The molecule has 1 aromatic heterocycles. The number of nitrogens with two attached hydrogens (primary N) is 1. The third-order valence-corrected chi connectivity index (χ3v) is 3.29. The van der Waals surface area contributed by atoms with Gasteiger partial charge in [0.2, 0.25) is 11.7 Å². The van der Waals surface area contributed by atoms with Gasteiger partial charge in [0.15, 0.2) is 0 Å². The second kappa shape index (κ2) is 6.11. The molecule has 1 aromatic carbocycles. The van der Waals surface area contributed by atoms with Gasteiger partial charge < -0.3 is 10.3 Å². The molecule has 5 heteroatoms. The number of aromatic nitrogens is 2. The van der Waals surface area contributed by atoms with Crippen LogP contribution in [0.25, 0.3) is 11.4 Å². The van der Waals surface area contributed by atoms with Crippen LogP contribution in [0, 0.1) is 0 Å². The normalized spacial score (nSPS) is 12.6. The summed E-state index contributed by atoms with van der Waals surface area (Å²) >= 11 is 3.43. The van der Waals surface area contributed by atoms with Crippen LogP contribution in [0.5, 0.6) is 0 Å². The summed E-state index contributed by atoms with van der Waals surface area (Å²) in [5.74, 6) is 1.40. The Morgan fingerprint density at radius 3 is 2.94 bits per heavy atom. The van der Waals surface area contributed by atoms with Crippen LogP contribution in [0.3, 0.4) is 0 Å². The van der Waals surface area contributed by atoms with Crippen LogP contribution in [0.15, 0.2) is 33.3 Å². The zero-order valence-corrected chi connectivity index (χ0v) is 11.9. The predicted octanol–water partition coefficient (Wildman–Crippen LogP) is 3.34. The third-order valence-electron chi connectivity index (χ3n) is 2.80. The molecular weight excluding hydrogens is 294 g/mol. The first kappa shape index (κ1) is 13.2. The Morgan fingerprint density at radius 1 is 1.44 bits per heavy atom. The standard InChI is InChI=1S/C13H16BrN3O/c1-2-4-10(8-15)13-16-12(17-18-13)9-5-3-6-11(14)7-9/h3,5-7,10H,2,4,8,15H2,1H3. The molecule has 0 aliphatic carbocycles. The number of nitrogens with zero attached hydrogens (tertiary/aromatic N) is 2. The van der Waals surface area contributed by atoms with Crippen LogP contribution in [-0.2, 0) is 0 Å². The first-order chi connectivity index (χ1) is 8.74. The van der Waals surface area contributed by atoms with Crippen molar-refractivity contribution >= 4 is 15.9 Å². The molecule has 0 fully saturated rings. The van der Waals surface area contributed by atoms with E-state index < -0.39 is 0 Å². The first-order valence-corrected chi connectivity index (χ1v) is 6.83. The molecule has 0 spiro atoms. The number of benzene rings is 1. The van der Waals surface area contributed by atoms with Crippen LogP contribution in [0.1, 0.15) is 31.6 Å². The Bertz CT molecular complexity index is 512. The largest absolute Gasteiger partial charge is 0.339 e. The Morgan fingerprint density at radius 2 is 2.28 bits per heavy atom. The number of hydrogen-bond donors (Lipinski definition) is 1. The van der Waals surface area contributed by atoms with Gasteiger partial charge in [-0.3, -0.25) is 0 Å². The van der Waals surface area contributed by atoms with E-state index in [-0.39, 0.29) is 5.92 Å². The Labute approximate surface area is 115 Å². The summed E-state index contributed by atoms with van der Waals surface area (Å²) in [6.07, 6.45) is 2.02.